The Morgan fingerprint density at radius 3 is 2.44 bits per heavy atom. The number of anilines is 1. The number of hydrogen-bond donors (Lipinski definition) is 1. The summed E-state index contributed by atoms with van der Waals surface area (Å²) >= 11 is 1.13. The van der Waals surface area contributed by atoms with E-state index in [9.17, 15) is 18.0 Å². The number of amides is 1. The maximum Gasteiger partial charge on any atom is 0.350 e. The van der Waals surface area contributed by atoms with Crippen LogP contribution in [0.5, 0.6) is 5.75 Å². The minimum absolute atomic E-state index is 0.0968. The van der Waals surface area contributed by atoms with Gasteiger partial charge in [-0.15, -0.1) is 11.3 Å². The topological polar surface area (TPSA) is 102 Å². The largest absolute Gasteiger partial charge is 0.495 e. The fraction of sp³-hybridized carbons (Fsp3) is 0.182. The van der Waals surface area contributed by atoms with Crippen molar-refractivity contribution in [3.63, 3.8) is 0 Å². The van der Waals surface area contributed by atoms with Crippen molar-refractivity contribution in [3.05, 3.63) is 76.0 Å². The lowest BCUT2D eigenvalue weighted by molar-refractivity contribution is 0.0607. The highest BCUT2D eigenvalue weighted by atomic mass is 32.2. The summed E-state index contributed by atoms with van der Waals surface area (Å²) in [5, 5.41) is 4.27. The number of carbonyl (C=O) groups is 2. The van der Waals surface area contributed by atoms with Crippen molar-refractivity contribution in [2.75, 3.05) is 26.6 Å². The van der Waals surface area contributed by atoms with Crippen LogP contribution < -0.4 is 10.1 Å². The molecule has 2 aromatic carbocycles. The molecule has 3 rings (SSSR count). The standard InChI is InChI=1S/C22H22N2O6S2/c1-24(14-15-7-5-4-6-8-15)32(27,28)19-13-16(9-10-18(19)29-2)21(25)23-17-11-12-31-20(17)22(26)30-3/h4-13H,14H2,1-3H3,(H,23,25). The molecule has 0 saturated carbocycles. The smallest absolute Gasteiger partial charge is 0.350 e. The second-order valence-electron chi connectivity index (χ2n) is 6.72. The fourth-order valence-corrected chi connectivity index (χ4v) is 5.07. The predicted octanol–water partition coefficient (Wildman–Crippen LogP) is 3.62. The summed E-state index contributed by atoms with van der Waals surface area (Å²) in [5.41, 5.74) is 1.20. The maximum atomic E-state index is 13.2. The van der Waals surface area contributed by atoms with Gasteiger partial charge in [0.15, 0.2) is 0 Å². The lowest BCUT2D eigenvalue weighted by atomic mass is 10.2. The normalized spacial score (nSPS) is 11.2. The maximum absolute atomic E-state index is 13.2. The number of nitrogens with zero attached hydrogens (tertiary/aromatic N) is 1. The first kappa shape index (κ1) is 23.5. The Hall–Kier alpha value is -3.21. The van der Waals surface area contributed by atoms with Crippen LogP contribution in [0.15, 0.2) is 64.9 Å². The van der Waals surface area contributed by atoms with Crippen LogP contribution in [0.3, 0.4) is 0 Å². The summed E-state index contributed by atoms with van der Waals surface area (Å²) in [4.78, 5) is 24.8. The van der Waals surface area contributed by atoms with Crippen LogP contribution in [0.25, 0.3) is 0 Å². The molecular weight excluding hydrogens is 452 g/mol. The molecule has 8 nitrogen and oxygen atoms in total. The Bertz CT molecular complexity index is 1220. The van der Waals surface area contributed by atoms with E-state index in [-0.39, 0.29) is 33.3 Å². The number of ether oxygens (including phenoxy) is 2. The number of esters is 1. The SMILES string of the molecule is COC(=O)c1sccc1NC(=O)c1ccc(OC)c(S(=O)(=O)N(C)Cc2ccccc2)c1. The van der Waals surface area contributed by atoms with Crippen LogP contribution >= 0.6 is 11.3 Å². The van der Waals surface area contributed by atoms with Gasteiger partial charge in [0.1, 0.15) is 15.5 Å². The second-order valence-corrected chi connectivity index (χ2v) is 9.65. The molecule has 0 fully saturated rings. The van der Waals surface area contributed by atoms with Crippen LogP contribution in [0, 0.1) is 0 Å². The van der Waals surface area contributed by atoms with Crippen LogP contribution in [0.1, 0.15) is 25.6 Å². The molecule has 1 heterocycles. The zero-order valence-electron chi connectivity index (χ0n) is 17.7. The predicted molar refractivity (Wildman–Crippen MR) is 122 cm³/mol. The minimum atomic E-state index is -3.97. The van der Waals surface area contributed by atoms with E-state index in [0.29, 0.717) is 0 Å². The third-order valence-corrected chi connectivity index (χ3v) is 7.37. The summed E-state index contributed by atoms with van der Waals surface area (Å²) in [6.45, 7) is 0.153. The van der Waals surface area contributed by atoms with Crippen molar-refractivity contribution in [1.82, 2.24) is 4.31 Å². The van der Waals surface area contributed by atoms with Gasteiger partial charge in [-0.05, 0) is 35.2 Å². The van der Waals surface area contributed by atoms with Gasteiger partial charge in [0, 0.05) is 19.2 Å². The quantitative estimate of drug-likeness (QED) is 0.501. The first-order valence-electron chi connectivity index (χ1n) is 9.43. The van der Waals surface area contributed by atoms with Crippen molar-refractivity contribution in [1.29, 1.82) is 0 Å². The molecule has 0 spiro atoms. The molecule has 0 atom stereocenters. The molecule has 0 aliphatic carbocycles. The van der Waals surface area contributed by atoms with Crippen molar-refractivity contribution >= 4 is 38.9 Å². The van der Waals surface area contributed by atoms with Crippen LogP contribution in [-0.4, -0.2) is 45.9 Å². The van der Waals surface area contributed by atoms with Gasteiger partial charge in [0.2, 0.25) is 10.0 Å². The van der Waals surface area contributed by atoms with Gasteiger partial charge in [0.05, 0.1) is 19.9 Å². The van der Waals surface area contributed by atoms with Crippen molar-refractivity contribution in [2.45, 2.75) is 11.4 Å². The van der Waals surface area contributed by atoms with Gasteiger partial charge in [-0.1, -0.05) is 30.3 Å². The van der Waals surface area contributed by atoms with E-state index in [1.807, 2.05) is 30.3 Å². The molecule has 32 heavy (non-hydrogen) atoms. The minimum Gasteiger partial charge on any atom is -0.495 e. The zero-order chi connectivity index (χ0) is 23.3. The van der Waals surface area contributed by atoms with Crippen molar-refractivity contribution < 1.29 is 27.5 Å². The molecule has 10 heteroatoms. The van der Waals surface area contributed by atoms with E-state index in [2.05, 4.69) is 5.32 Å². The third-order valence-electron chi connectivity index (χ3n) is 4.65. The van der Waals surface area contributed by atoms with E-state index >= 15 is 0 Å². The summed E-state index contributed by atoms with van der Waals surface area (Å²) < 4.78 is 37.6. The molecule has 3 aromatic rings. The Balaban J connectivity index is 1.90. The highest BCUT2D eigenvalue weighted by Gasteiger charge is 2.27. The average Bonchev–Trinajstić information content (AvgIpc) is 3.26. The number of hydrogen-bond acceptors (Lipinski definition) is 7. The van der Waals surface area contributed by atoms with Crippen molar-refractivity contribution in [2.24, 2.45) is 0 Å². The molecule has 168 valence electrons. The van der Waals surface area contributed by atoms with Gasteiger partial charge in [-0.25, -0.2) is 13.2 Å². The zero-order valence-corrected chi connectivity index (χ0v) is 19.3. The Morgan fingerprint density at radius 2 is 1.78 bits per heavy atom. The first-order chi connectivity index (χ1) is 15.3. The highest BCUT2D eigenvalue weighted by Crippen LogP contribution is 2.29. The third kappa shape index (κ3) is 4.98. The summed E-state index contributed by atoms with van der Waals surface area (Å²) in [6, 6.07) is 14.9. The first-order valence-corrected chi connectivity index (χ1v) is 11.8. The molecule has 0 bridgehead atoms. The van der Waals surface area contributed by atoms with E-state index in [1.54, 1.807) is 11.4 Å². The Morgan fingerprint density at radius 1 is 1.06 bits per heavy atom. The van der Waals surface area contributed by atoms with E-state index in [1.165, 1.54) is 43.8 Å². The molecule has 0 saturated heterocycles. The summed E-state index contributed by atoms with van der Waals surface area (Å²) in [6.07, 6.45) is 0. The number of thiophene rings is 1. The molecule has 0 unspecified atom stereocenters. The second kappa shape index (κ2) is 9.94. The van der Waals surface area contributed by atoms with E-state index < -0.39 is 21.9 Å². The van der Waals surface area contributed by atoms with Gasteiger partial charge in [-0.2, -0.15) is 4.31 Å². The number of carbonyl (C=O) groups excluding carboxylic acids is 2. The number of nitrogens with one attached hydrogen (secondary N) is 1. The van der Waals surface area contributed by atoms with Gasteiger partial charge >= 0.3 is 5.97 Å². The summed E-state index contributed by atoms with van der Waals surface area (Å²) in [5.74, 6) is -1.03. The molecular formula is C22H22N2O6S2. The number of methoxy groups -OCH3 is 2. The molecule has 1 amide bonds. The highest BCUT2D eigenvalue weighted by molar-refractivity contribution is 7.89. The Labute approximate surface area is 190 Å². The molecule has 0 aliphatic heterocycles. The van der Waals surface area contributed by atoms with Gasteiger partial charge in [-0.3, -0.25) is 4.79 Å². The summed E-state index contributed by atoms with van der Waals surface area (Å²) in [7, 11) is 0.104. The van der Waals surface area contributed by atoms with Crippen LogP contribution in [-0.2, 0) is 21.3 Å². The molecule has 0 radical (unpaired) electrons. The van der Waals surface area contributed by atoms with Crippen molar-refractivity contribution in [3.8, 4) is 5.75 Å². The monoisotopic (exact) mass is 474 g/mol. The lowest BCUT2D eigenvalue weighted by Crippen LogP contribution is -2.27. The molecule has 1 aromatic heterocycles. The van der Waals surface area contributed by atoms with E-state index in [4.69, 9.17) is 9.47 Å². The number of benzene rings is 2. The molecule has 0 aliphatic rings. The van der Waals surface area contributed by atoms with Gasteiger partial charge in [0.25, 0.3) is 5.91 Å². The fourth-order valence-electron chi connectivity index (χ4n) is 2.97. The number of sulfonamides is 1. The van der Waals surface area contributed by atoms with E-state index in [0.717, 1.165) is 16.9 Å². The van der Waals surface area contributed by atoms with Crippen LogP contribution in [0.2, 0.25) is 0 Å². The average molecular weight is 475 g/mol. The lowest BCUT2D eigenvalue weighted by Gasteiger charge is -2.19. The molecule has 1 N–H and O–H groups in total. The van der Waals surface area contributed by atoms with Crippen LogP contribution in [0.4, 0.5) is 5.69 Å². The number of rotatable bonds is 8. The van der Waals surface area contributed by atoms with Gasteiger partial charge < -0.3 is 14.8 Å². The Kier molecular flexibility index (Phi) is 7.29.